The molecule has 5 nitrogen and oxygen atoms in total. The predicted octanol–water partition coefficient (Wildman–Crippen LogP) is 1.35. The van der Waals surface area contributed by atoms with Crippen molar-refractivity contribution in [2.24, 2.45) is 0 Å². The van der Waals surface area contributed by atoms with Gasteiger partial charge in [0.2, 0.25) is 0 Å². The maximum Gasteiger partial charge on any atom is 0.338 e. The molecule has 0 saturated heterocycles. The minimum atomic E-state index is -1.39. The van der Waals surface area contributed by atoms with Gasteiger partial charge in [0, 0.05) is 6.42 Å². The monoisotopic (exact) mass is 220 g/mol. The zero-order chi connectivity index (χ0) is 12.3. The van der Waals surface area contributed by atoms with Crippen LogP contribution in [0.4, 0.5) is 0 Å². The fraction of sp³-hybridized carbons (Fsp3) is 0.900. The second-order valence-electron chi connectivity index (χ2n) is 4.79. The van der Waals surface area contributed by atoms with Crippen LogP contribution in [0.15, 0.2) is 0 Å². The van der Waals surface area contributed by atoms with Crippen molar-refractivity contribution in [3.05, 3.63) is 0 Å². The van der Waals surface area contributed by atoms with Gasteiger partial charge in [0.1, 0.15) is 5.60 Å². The molecule has 0 heterocycles. The maximum absolute atomic E-state index is 10.7. The van der Waals surface area contributed by atoms with Crippen LogP contribution >= 0.6 is 0 Å². The van der Waals surface area contributed by atoms with Crippen molar-refractivity contribution in [3.8, 4) is 0 Å². The molecule has 0 aliphatic rings. The number of carboxylic acid groups (broad SMARTS) is 1. The Balaban J connectivity index is 4.20. The summed E-state index contributed by atoms with van der Waals surface area (Å²) in [4.78, 5) is 20.6. The summed E-state index contributed by atoms with van der Waals surface area (Å²) in [6.07, 6.45) is -0.167. The van der Waals surface area contributed by atoms with Crippen molar-refractivity contribution < 1.29 is 24.8 Å². The molecule has 1 unspecified atom stereocenters. The Morgan fingerprint density at radius 3 is 2.07 bits per heavy atom. The van der Waals surface area contributed by atoms with Crippen molar-refractivity contribution in [2.45, 2.75) is 58.3 Å². The average molecular weight is 220 g/mol. The molecule has 0 saturated carbocycles. The number of hydrogen-bond acceptors (Lipinski definition) is 4. The first kappa shape index (κ1) is 14.3. The van der Waals surface area contributed by atoms with Gasteiger partial charge in [0.05, 0.1) is 6.10 Å². The lowest BCUT2D eigenvalue weighted by Crippen LogP contribution is -2.39. The van der Waals surface area contributed by atoms with Crippen LogP contribution in [0.5, 0.6) is 0 Å². The third kappa shape index (κ3) is 5.71. The number of carboxylic acids is 1. The fourth-order valence-corrected chi connectivity index (χ4v) is 0.998. The predicted molar refractivity (Wildman–Crippen MR) is 54.3 cm³/mol. The Morgan fingerprint density at radius 1 is 1.27 bits per heavy atom. The van der Waals surface area contributed by atoms with Crippen molar-refractivity contribution in [1.29, 1.82) is 0 Å². The molecule has 0 fully saturated rings. The summed E-state index contributed by atoms with van der Waals surface area (Å²) in [5.41, 5.74) is -2.11. The standard InChI is InChI=1S/C10H20O5/c1-7(11)6-9(2,3)14-15-10(4,5)8(12)13/h7,11H,6H2,1-5H3,(H,12,13). The Kier molecular flexibility index (Phi) is 4.70. The third-order valence-corrected chi connectivity index (χ3v) is 1.78. The SMILES string of the molecule is CC(O)CC(C)(C)OOC(C)(C)C(=O)O. The van der Waals surface area contributed by atoms with E-state index in [2.05, 4.69) is 0 Å². The summed E-state index contributed by atoms with van der Waals surface area (Å²) in [6.45, 7) is 7.87. The van der Waals surface area contributed by atoms with Crippen LogP contribution in [0.25, 0.3) is 0 Å². The van der Waals surface area contributed by atoms with Crippen LogP contribution in [-0.4, -0.2) is 33.5 Å². The van der Waals surface area contributed by atoms with E-state index in [-0.39, 0.29) is 0 Å². The van der Waals surface area contributed by atoms with E-state index < -0.39 is 23.3 Å². The van der Waals surface area contributed by atoms with Gasteiger partial charge in [0.25, 0.3) is 0 Å². The summed E-state index contributed by atoms with van der Waals surface area (Å²) < 4.78 is 0. The lowest BCUT2D eigenvalue weighted by Gasteiger charge is -2.29. The molecule has 0 aliphatic heterocycles. The Hall–Kier alpha value is -0.650. The van der Waals surface area contributed by atoms with Gasteiger partial charge in [-0.25, -0.2) is 14.6 Å². The first-order chi connectivity index (χ1) is 6.57. The molecule has 0 spiro atoms. The summed E-state index contributed by atoms with van der Waals surface area (Å²) in [5.74, 6) is -1.10. The molecule has 0 aliphatic carbocycles. The van der Waals surface area contributed by atoms with E-state index in [4.69, 9.17) is 14.9 Å². The first-order valence-corrected chi connectivity index (χ1v) is 4.85. The van der Waals surface area contributed by atoms with Gasteiger partial charge in [-0.1, -0.05) is 0 Å². The average Bonchev–Trinajstić information content (AvgIpc) is 1.98. The normalized spacial score (nSPS) is 15.1. The lowest BCUT2D eigenvalue weighted by atomic mass is 10.0. The van der Waals surface area contributed by atoms with E-state index in [0.29, 0.717) is 6.42 Å². The number of aliphatic carboxylic acids is 1. The van der Waals surface area contributed by atoms with Gasteiger partial charge in [-0.05, 0) is 34.6 Å². The zero-order valence-corrected chi connectivity index (χ0v) is 9.90. The second kappa shape index (κ2) is 4.92. The summed E-state index contributed by atoms with van der Waals surface area (Å²) in [7, 11) is 0. The number of carbonyl (C=O) groups is 1. The zero-order valence-electron chi connectivity index (χ0n) is 9.90. The van der Waals surface area contributed by atoms with Crippen LogP contribution in [0, 0.1) is 0 Å². The molecule has 0 rings (SSSR count). The topological polar surface area (TPSA) is 76.0 Å². The molecule has 90 valence electrons. The molecule has 1 atom stereocenters. The highest BCUT2D eigenvalue weighted by Crippen LogP contribution is 2.21. The second-order valence-corrected chi connectivity index (χ2v) is 4.79. The number of aliphatic hydroxyl groups is 1. The third-order valence-electron chi connectivity index (χ3n) is 1.78. The summed E-state index contributed by atoms with van der Waals surface area (Å²) in [6, 6.07) is 0. The highest BCUT2D eigenvalue weighted by Gasteiger charge is 2.33. The molecule has 0 radical (unpaired) electrons. The molecule has 0 amide bonds. The van der Waals surface area contributed by atoms with Crippen LogP contribution in [0.3, 0.4) is 0 Å². The molecule has 15 heavy (non-hydrogen) atoms. The molecule has 0 bridgehead atoms. The van der Waals surface area contributed by atoms with E-state index in [0.717, 1.165) is 0 Å². The molecular weight excluding hydrogens is 200 g/mol. The highest BCUT2D eigenvalue weighted by atomic mass is 17.2. The van der Waals surface area contributed by atoms with Crippen molar-refractivity contribution in [3.63, 3.8) is 0 Å². The van der Waals surface area contributed by atoms with Gasteiger partial charge in [0.15, 0.2) is 5.60 Å². The quantitative estimate of drug-likeness (QED) is 0.522. The van der Waals surface area contributed by atoms with Crippen LogP contribution < -0.4 is 0 Å². The van der Waals surface area contributed by atoms with Gasteiger partial charge in [-0.2, -0.15) is 0 Å². The Bertz CT molecular complexity index is 220. The fourth-order valence-electron chi connectivity index (χ4n) is 0.998. The van der Waals surface area contributed by atoms with Crippen molar-refractivity contribution in [2.75, 3.05) is 0 Å². The van der Waals surface area contributed by atoms with Gasteiger partial charge >= 0.3 is 5.97 Å². The summed E-state index contributed by atoms with van der Waals surface area (Å²) >= 11 is 0. The minimum Gasteiger partial charge on any atom is -0.479 e. The number of aliphatic hydroxyl groups excluding tert-OH is 1. The van der Waals surface area contributed by atoms with Crippen LogP contribution in [-0.2, 0) is 14.6 Å². The lowest BCUT2D eigenvalue weighted by molar-refractivity contribution is -0.396. The van der Waals surface area contributed by atoms with Gasteiger partial charge in [-0.15, -0.1) is 0 Å². The van der Waals surface area contributed by atoms with E-state index in [1.807, 2.05) is 0 Å². The molecular formula is C10H20O5. The van der Waals surface area contributed by atoms with Crippen LogP contribution in [0.2, 0.25) is 0 Å². The van der Waals surface area contributed by atoms with Gasteiger partial charge in [-0.3, -0.25) is 0 Å². The number of hydrogen-bond donors (Lipinski definition) is 2. The van der Waals surface area contributed by atoms with E-state index in [1.54, 1.807) is 20.8 Å². The molecule has 0 aromatic heterocycles. The molecule has 0 aromatic rings. The van der Waals surface area contributed by atoms with Crippen molar-refractivity contribution >= 4 is 5.97 Å². The first-order valence-electron chi connectivity index (χ1n) is 4.85. The van der Waals surface area contributed by atoms with Crippen molar-refractivity contribution in [1.82, 2.24) is 0 Å². The minimum absolute atomic E-state index is 0.364. The molecule has 2 N–H and O–H groups in total. The maximum atomic E-state index is 10.7. The van der Waals surface area contributed by atoms with Gasteiger partial charge < -0.3 is 10.2 Å². The van der Waals surface area contributed by atoms with E-state index in [9.17, 15) is 9.90 Å². The summed E-state index contributed by atoms with van der Waals surface area (Å²) in [5, 5.41) is 17.9. The number of rotatable bonds is 6. The largest absolute Gasteiger partial charge is 0.479 e. The highest BCUT2D eigenvalue weighted by molar-refractivity contribution is 5.76. The van der Waals surface area contributed by atoms with E-state index >= 15 is 0 Å². The Morgan fingerprint density at radius 2 is 1.73 bits per heavy atom. The van der Waals surface area contributed by atoms with E-state index in [1.165, 1.54) is 13.8 Å². The smallest absolute Gasteiger partial charge is 0.338 e. The van der Waals surface area contributed by atoms with Crippen LogP contribution in [0.1, 0.15) is 41.0 Å². The molecule has 0 aromatic carbocycles. The molecule has 5 heteroatoms. The Labute approximate surface area is 89.9 Å².